The first kappa shape index (κ1) is 13.2. The molecule has 0 saturated carbocycles. The van der Waals surface area contributed by atoms with Gasteiger partial charge >= 0.3 is 12.0 Å². The Bertz CT molecular complexity index is 324. The number of halogens is 1. The van der Waals surface area contributed by atoms with Crippen LogP contribution in [0.2, 0.25) is 0 Å². The molecule has 16 heavy (non-hydrogen) atoms. The highest BCUT2D eigenvalue weighted by molar-refractivity contribution is 8.00. The molecule has 0 bridgehead atoms. The van der Waals surface area contributed by atoms with Gasteiger partial charge in [0.15, 0.2) is 0 Å². The van der Waals surface area contributed by atoms with E-state index in [-0.39, 0.29) is 11.9 Å². The molecule has 2 N–H and O–H groups in total. The van der Waals surface area contributed by atoms with Gasteiger partial charge < -0.3 is 10.4 Å². The van der Waals surface area contributed by atoms with Gasteiger partial charge in [0.2, 0.25) is 0 Å². The second kappa shape index (κ2) is 5.45. The summed E-state index contributed by atoms with van der Waals surface area (Å²) in [7, 11) is 0. The molecule has 1 aliphatic rings. The summed E-state index contributed by atoms with van der Waals surface area (Å²) in [6, 6.07) is -1.20. The molecule has 0 aromatic rings. The molecule has 90 valence electrons. The molecular formula is C9H13ClN2O3S. The molecule has 1 aliphatic heterocycles. The summed E-state index contributed by atoms with van der Waals surface area (Å²) >= 11 is 6.95. The Hall–Kier alpha value is -0.880. The van der Waals surface area contributed by atoms with Crippen LogP contribution in [0.15, 0.2) is 11.6 Å². The number of hydrogen-bond donors (Lipinski definition) is 2. The number of thioether (sulfide) groups is 1. The van der Waals surface area contributed by atoms with Gasteiger partial charge in [0, 0.05) is 10.8 Å². The molecule has 2 unspecified atom stereocenters. The van der Waals surface area contributed by atoms with E-state index >= 15 is 0 Å². The Labute approximate surface area is 103 Å². The lowest BCUT2D eigenvalue weighted by Crippen LogP contribution is -2.49. The van der Waals surface area contributed by atoms with Crippen LogP contribution >= 0.6 is 23.4 Å². The summed E-state index contributed by atoms with van der Waals surface area (Å²) in [6.45, 7) is 5.37. The summed E-state index contributed by atoms with van der Waals surface area (Å²) in [5, 5.41) is 11.6. The normalized spacial score (nSPS) is 24.2. The third kappa shape index (κ3) is 3.05. The van der Waals surface area contributed by atoms with Gasteiger partial charge in [-0.15, -0.1) is 11.8 Å². The van der Waals surface area contributed by atoms with Crippen LogP contribution in [0, 0.1) is 0 Å². The molecule has 0 aliphatic carbocycles. The number of amides is 2. The predicted octanol–water partition coefficient (Wildman–Crippen LogP) is 1.30. The van der Waals surface area contributed by atoms with Crippen molar-refractivity contribution in [3.8, 4) is 0 Å². The number of hydrogen-bond acceptors (Lipinski definition) is 3. The third-order valence-electron chi connectivity index (χ3n) is 2.17. The lowest BCUT2D eigenvalue weighted by Gasteiger charge is -2.25. The van der Waals surface area contributed by atoms with Crippen LogP contribution in [0.1, 0.15) is 6.92 Å². The molecule has 0 spiro atoms. The monoisotopic (exact) mass is 264 g/mol. The highest BCUT2D eigenvalue weighted by Gasteiger charge is 2.39. The number of nitrogens with one attached hydrogen (secondary N) is 1. The van der Waals surface area contributed by atoms with Gasteiger partial charge in [-0.1, -0.05) is 18.2 Å². The lowest BCUT2D eigenvalue weighted by molar-refractivity contribution is -0.141. The van der Waals surface area contributed by atoms with Crippen molar-refractivity contribution in [3.05, 3.63) is 11.6 Å². The Morgan fingerprint density at radius 3 is 2.81 bits per heavy atom. The van der Waals surface area contributed by atoms with E-state index in [2.05, 4.69) is 11.9 Å². The van der Waals surface area contributed by atoms with E-state index < -0.39 is 18.0 Å². The van der Waals surface area contributed by atoms with E-state index in [4.69, 9.17) is 16.7 Å². The molecule has 2 amide bonds. The topological polar surface area (TPSA) is 69.6 Å². The van der Waals surface area contributed by atoms with Gasteiger partial charge in [-0.3, -0.25) is 4.90 Å². The minimum atomic E-state index is -0.989. The highest BCUT2D eigenvalue weighted by Crippen LogP contribution is 2.28. The fourth-order valence-corrected chi connectivity index (χ4v) is 2.64. The number of carbonyl (C=O) groups excluding carboxylic acids is 1. The van der Waals surface area contributed by atoms with Crippen LogP contribution < -0.4 is 5.32 Å². The van der Waals surface area contributed by atoms with E-state index in [1.165, 1.54) is 16.7 Å². The standard InChI is InChI=1S/C9H13ClN2O3S/c1-5(10)3-11-9(15)12-6(2)16-4-7(12)8(13)14/h6-7H,1,3-4H2,2H3,(H,11,15)(H,13,14). The van der Waals surface area contributed by atoms with Gasteiger partial charge in [-0.2, -0.15) is 0 Å². The number of carboxylic acid groups (broad SMARTS) is 1. The SMILES string of the molecule is C=C(Cl)CNC(=O)N1C(C)SCC1C(=O)O. The second-order valence-corrected chi connectivity index (χ2v) is 5.25. The molecule has 1 heterocycles. The van der Waals surface area contributed by atoms with Crippen molar-refractivity contribution in [1.82, 2.24) is 10.2 Å². The zero-order valence-corrected chi connectivity index (χ0v) is 10.3. The van der Waals surface area contributed by atoms with Crippen molar-refractivity contribution in [2.45, 2.75) is 18.3 Å². The van der Waals surface area contributed by atoms with Gasteiger partial charge in [0.05, 0.1) is 11.9 Å². The Kier molecular flexibility index (Phi) is 4.49. The lowest BCUT2D eigenvalue weighted by atomic mass is 10.3. The smallest absolute Gasteiger partial charge is 0.327 e. The van der Waals surface area contributed by atoms with E-state index in [0.717, 1.165) is 0 Å². The molecule has 1 saturated heterocycles. The maximum Gasteiger partial charge on any atom is 0.327 e. The largest absolute Gasteiger partial charge is 0.480 e. The summed E-state index contributed by atoms with van der Waals surface area (Å²) in [4.78, 5) is 23.9. The van der Waals surface area contributed by atoms with Crippen molar-refractivity contribution in [3.63, 3.8) is 0 Å². The number of carbonyl (C=O) groups is 2. The maximum absolute atomic E-state index is 11.7. The molecule has 2 atom stereocenters. The first-order valence-corrected chi connectivity index (χ1v) is 6.10. The summed E-state index contributed by atoms with van der Waals surface area (Å²) in [6.07, 6.45) is 0. The van der Waals surface area contributed by atoms with E-state index in [1.807, 2.05) is 0 Å². The van der Waals surface area contributed by atoms with E-state index in [0.29, 0.717) is 10.8 Å². The third-order valence-corrected chi connectivity index (χ3v) is 3.53. The van der Waals surface area contributed by atoms with E-state index in [9.17, 15) is 9.59 Å². The minimum absolute atomic E-state index is 0.139. The summed E-state index contributed by atoms with van der Waals surface area (Å²) in [5.41, 5.74) is 0. The van der Waals surface area contributed by atoms with Crippen LogP contribution in [0.5, 0.6) is 0 Å². The van der Waals surface area contributed by atoms with Crippen LogP contribution in [0.25, 0.3) is 0 Å². The quantitative estimate of drug-likeness (QED) is 0.806. The molecule has 0 aromatic heterocycles. The number of aliphatic carboxylic acids is 1. The predicted molar refractivity (Wildman–Crippen MR) is 63.6 cm³/mol. The van der Waals surface area contributed by atoms with Gasteiger partial charge in [0.25, 0.3) is 0 Å². The zero-order valence-electron chi connectivity index (χ0n) is 8.77. The highest BCUT2D eigenvalue weighted by atomic mass is 35.5. The Morgan fingerprint density at radius 2 is 2.31 bits per heavy atom. The molecular weight excluding hydrogens is 252 g/mol. The van der Waals surface area contributed by atoms with Crippen LogP contribution in [-0.2, 0) is 4.79 Å². The average molecular weight is 265 g/mol. The van der Waals surface area contributed by atoms with Crippen molar-refractivity contribution in [2.75, 3.05) is 12.3 Å². The second-order valence-electron chi connectivity index (χ2n) is 3.37. The van der Waals surface area contributed by atoms with Gasteiger partial charge in [0.1, 0.15) is 6.04 Å². The fourth-order valence-electron chi connectivity index (χ4n) is 1.40. The van der Waals surface area contributed by atoms with Crippen molar-refractivity contribution in [2.24, 2.45) is 0 Å². The molecule has 7 heteroatoms. The molecule has 0 radical (unpaired) electrons. The summed E-state index contributed by atoms with van der Waals surface area (Å²) < 4.78 is 0. The van der Waals surface area contributed by atoms with Crippen molar-refractivity contribution < 1.29 is 14.7 Å². The Balaban J connectivity index is 2.64. The number of nitrogens with zero attached hydrogens (tertiary/aromatic N) is 1. The maximum atomic E-state index is 11.7. The summed E-state index contributed by atoms with van der Waals surface area (Å²) in [5.74, 6) is -0.581. The van der Waals surface area contributed by atoms with Crippen molar-refractivity contribution >= 4 is 35.4 Å². The molecule has 0 aromatic carbocycles. The molecule has 5 nitrogen and oxygen atoms in total. The zero-order chi connectivity index (χ0) is 12.3. The Morgan fingerprint density at radius 1 is 1.69 bits per heavy atom. The first-order chi connectivity index (χ1) is 7.43. The van der Waals surface area contributed by atoms with Gasteiger partial charge in [-0.25, -0.2) is 9.59 Å². The minimum Gasteiger partial charge on any atom is -0.480 e. The number of urea groups is 1. The molecule has 1 rings (SSSR count). The number of rotatable bonds is 3. The van der Waals surface area contributed by atoms with Crippen LogP contribution in [-0.4, -0.2) is 45.7 Å². The first-order valence-electron chi connectivity index (χ1n) is 4.67. The van der Waals surface area contributed by atoms with Crippen LogP contribution in [0.4, 0.5) is 4.79 Å². The van der Waals surface area contributed by atoms with Gasteiger partial charge in [-0.05, 0) is 6.92 Å². The number of carboxylic acids is 1. The van der Waals surface area contributed by atoms with E-state index in [1.54, 1.807) is 6.92 Å². The molecule has 1 fully saturated rings. The van der Waals surface area contributed by atoms with Crippen LogP contribution in [0.3, 0.4) is 0 Å². The van der Waals surface area contributed by atoms with Crippen molar-refractivity contribution in [1.29, 1.82) is 0 Å². The fraction of sp³-hybridized carbons (Fsp3) is 0.556. The average Bonchev–Trinajstić information content (AvgIpc) is 2.56.